The van der Waals surface area contributed by atoms with Crippen LogP contribution >= 0.6 is 0 Å². The van der Waals surface area contributed by atoms with Crippen molar-refractivity contribution in [3.63, 3.8) is 0 Å². The molecule has 1 aromatic rings. The van der Waals surface area contributed by atoms with Crippen molar-refractivity contribution in [2.75, 3.05) is 11.5 Å². The van der Waals surface area contributed by atoms with Crippen LogP contribution in [0.2, 0.25) is 0 Å². The standard InChI is InChI=1S/C17H23NO6S/c1-2-25(23,24)12-11-14(17(21)22)18-16(20)10-6-9-15(19)13-7-4-3-5-8-13/h3-5,7-8,14H,2,6,9-12H2,1H3,(H,18,20)(H,21,22). The third kappa shape index (κ3) is 7.93. The smallest absolute Gasteiger partial charge is 0.326 e. The topological polar surface area (TPSA) is 118 Å². The summed E-state index contributed by atoms with van der Waals surface area (Å²) in [6, 6.07) is 7.44. The lowest BCUT2D eigenvalue weighted by atomic mass is 10.1. The number of aliphatic carboxylic acids is 1. The molecule has 0 aliphatic rings. The van der Waals surface area contributed by atoms with Crippen molar-refractivity contribution in [1.29, 1.82) is 0 Å². The number of amides is 1. The first-order valence-electron chi connectivity index (χ1n) is 8.06. The SMILES string of the molecule is CCS(=O)(=O)CCC(NC(=O)CCCC(=O)c1ccccc1)C(=O)O. The van der Waals surface area contributed by atoms with Crippen LogP contribution < -0.4 is 5.32 Å². The minimum absolute atomic E-state index is 0.00286. The summed E-state index contributed by atoms with van der Waals surface area (Å²) in [5.41, 5.74) is 0.566. The lowest BCUT2D eigenvalue weighted by Crippen LogP contribution is -2.42. The fraction of sp³-hybridized carbons (Fsp3) is 0.471. The first-order valence-corrected chi connectivity index (χ1v) is 9.88. The molecule has 1 rings (SSSR count). The van der Waals surface area contributed by atoms with Crippen molar-refractivity contribution in [2.24, 2.45) is 0 Å². The molecule has 0 aromatic heterocycles. The number of rotatable bonds is 11. The molecule has 0 saturated heterocycles. The van der Waals surface area contributed by atoms with Crippen LogP contribution in [0.5, 0.6) is 0 Å². The van der Waals surface area contributed by atoms with Crippen molar-refractivity contribution in [3.8, 4) is 0 Å². The molecule has 8 heteroatoms. The van der Waals surface area contributed by atoms with Gasteiger partial charge in [0.1, 0.15) is 15.9 Å². The molecule has 0 bridgehead atoms. The van der Waals surface area contributed by atoms with Crippen molar-refractivity contribution in [3.05, 3.63) is 35.9 Å². The van der Waals surface area contributed by atoms with Gasteiger partial charge in [-0.05, 0) is 12.8 Å². The lowest BCUT2D eigenvalue weighted by Gasteiger charge is -2.14. The Labute approximate surface area is 147 Å². The van der Waals surface area contributed by atoms with Gasteiger partial charge in [-0.25, -0.2) is 13.2 Å². The highest BCUT2D eigenvalue weighted by Crippen LogP contribution is 2.07. The zero-order valence-electron chi connectivity index (χ0n) is 14.1. The summed E-state index contributed by atoms with van der Waals surface area (Å²) < 4.78 is 22.9. The van der Waals surface area contributed by atoms with Gasteiger partial charge in [-0.3, -0.25) is 9.59 Å². The van der Waals surface area contributed by atoms with E-state index in [1.807, 2.05) is 0 Å². The summed E-state index contributed by atoms with van der Waals surface area (Å²) >= 11 is 0. The van der Waals surface area contributed by atoms with Gasteiger partial charge in [0.05, 0.1) is 5.75 Å². The maximum Gasteiger partial charge on any atom is 0.326 e. The Hall–Kier alpha value is -2.22. The fourth-order valence-electron chi connectivity index (χ4n) is 2.14. The highest BCUT2D eigenvalue weighted by atomic mass is 32.2. The summed E-state index contributed by atoms with van der Waals surface area (Å²) in [5, 5.41) is 11.4. The molecule has 0 saturated carbocycles. The van der Waals surface area contributed by atoms with Gasteiger partial charge in [0, 0.05) is 24.2 Å². The summed E-state index contributed by atoms with van der Waals surface area (Å²) in [7, 11) is -3.30. The van der Waals surface area contributed by atoms with Crippen LogP contribution in [0.3, 0.4) is 0 Å². The number of benzene rings is 1. The summed E-state index contributed by atoms with van der Waals surface area (Å²) in [4.78, 5) is 34.9. The second-order valence-electron chi connectivity index (χ2n) is 5.63. The number of hydrogen-bond acceptors (Lipinski definition) is 5. The Balaban J connectivity index is 2.42. The lowest BCUT2D eigenvalue weighted by molar-refractivity contribution is -0.141. The number of sulfone groups is 1. The van der Waals surface area contributed by atoms with E-state index in [-0.39, 0.29) is 36.6 Å². The Morgan fingerprint density at radius 1 is 1.12 bits per heavy atom. The Kier molecular flexibility index (Phi) is 8.27. The van der Waals surface area contributed by atoms with Gasteiger partial charge >= 0.3 is 5.97 Å². The molecule has 25 heavy (non-hydrogen) atoms. The van der Waals surface area contributed by atoms with E-state index in [0.29, 0.717) is 12.0 Å². The third-order valence-corrected chi connectivity index (χ3v) is 5.43. The number of carbonyl (C=O) groups is 3. The first kappa shape index (κ1) is 20.8. The molecule has 1 aromatic carbocycles. The number of carboxylic acid groups (broad SMARTS) is 1. The maximum atomic E-state index is 11.9. The molecule has 0 spiro atoms. The Bertz CT molecular complexity index is 699. The normalized spacial score (nSPS) is 12.4. The van der Waals surface area contributed by atoms with Crippen molar-refractivity contribution < 1.29 is 27.9 Å². The molecule has 0 aliphatic carbocycles. The molecule has 1 atom stereocenters. The molecule has 0 heterocycles. The zero-order valence-corrected chi connectivity index (χ0v) is 14.9. The minimum atomic E-state index is -3.30. The van der Waals surface area contributed by atoms with E-state index in [1.54, 1.807) is 30.3 Å². The molecule has 1 amide bonds. The fourth-order valence-corrected chi connectivity index (χ4v) is 3.03. The maximum absolute atomic E-state index is 11.9. The van der Waals surface area contributed by atoms with E-state index < -0.39 is 27.8 Å². The Morgan fingerprint density at radius 2 is 1.76 bits per heavy atom. The predicted octanol–water partition coefficient (Wildman–Crippen LogP) is 1.43. The third-order valence-electron chi connectivity index (χ3n) is 3.69. The van der Waals surface area contributed by atoms with Crippen LogP contribution in [0.4, 0.5) is 0 Å². The van der Waals surface area contributed by atoms with E-state index >= 15 is 0 Å². The number of hydrogen-bond donors (Lipinski definition) is 2. The van der Waals surface area contributed by atoms with Gasteiger partial charge in [0.2, 0.25) is 5.91 Å². The van der Waals surface area contributed by atoms with E-state index in [4.69, 9.17) is 5.11 Å². The molecule has 2 N–H and O–H groups in total. The van der Waals surface area contributed by atoms with Crippen LogP contribution in [0, 0.1) is 0 Å². The Morgan fingerprint density at radius 3 is 2.32 bits per heavy atom. The van der Waals surface area contributed by atoms with Crippen molar-refractivity contribution in [1.82, 2.24) is 5.32 Å². The van der Waals surface area contributed by atoms with Crippen LogP contribution in [0.1, 0.15) is 43.0 Å². The summed E-state index contributed by atoms with van der Waals surface area (Å²) in [6.45, 7) is 1.48. The highest BCUT2D eigenvalue weighted by Gasteiger charge is 2.22. The van der Waals surface area contributed by atoms with Crippen LogP contribution in [0.25, 0.3) is 0 Å². The second-order valence-corrected chi connectivity index (χ2v) is 8.10. The number of ketones is 1. The van der Waals surface area contributed by atoms with Gasteiger partial charge in [-0.1, -0.05) is 37.3 Å². The van der Waals surface area contributed by atoms with Crippen LogP contribution in [0.15, 0.2) is 30.3 Å². The van der Waals surface area contributed by atoms with Gasteiger partial charge < -0.3 is 10.4 Å². The molecular weight excluding hydrogens is 346 g/mol. The average molecular weight is 369 g/mol. The minimum Gasteiger partial charge on any atom is -0.480 e. The van der Waals surface area contributed by atoms with Crippen molar-refractivity contribution in [2.45, 2.75) is 38.6 Å². The average Bonchev–Trinajstić information content (AvgIpc) is 2.59. The summed E-state index contributed by atoms with van der Waals surface area (Å²) in [6.07, 6.45) is 0.293. The number of carboxylic acids is 1. The number of Topliss-reactive ketones (excluding diaryl/α,β-unsaturated/α-hetero) is 1. The molecule has 7 nitrogen and oxygen atoms in total. The van der Waals surface area contributed by atoms with Gasteiger partial charge in [-0.2, -0.15) is 0 Å². The van der Waals surface area contributed by atoms with Crippen LogP contribution in [-0.4, -0.2) is 48.7 Å². The molecular formula is C17H23NO6S. The molecule has 0 radical (unpaired) electrons. The van der Waals surface area contributed by atoms with E-state index in [0.717, 1.165) is 0 Å². The number of nitrogens with one attached hydrogen (secondary N) is 1. The second kappa shape index (κ2) is 9.93. The van der Waals surface area contributed by atoms with E-state index in [9.17, 15) is 22.8 Å². The molecule has 0 aliphatic heterocycles. The van der Waals surface area contributed by atoms with Gasteiger partial charge in [-0.15, -0.1) is 0 Å². The zero-order chi connectivity index (χ0) is 18.9. The molecule has 0 fully saturated rings. The van der Waals surface area contributed by atoms with Crippen LogP contribution in [-0.2, 0) is 19.4 Å². The van der Waals surface area contributed by atoms with E-state index in [2.05, 4.69) is 5.32 Å². The highest BCUT2D eigenvalue weighted by molar-refractivity contribution is 7.91. The van der Waals surface area contributed by atoms with Crippen molar-refractivity contribution >= 4 is 27.5 Å². The monoisotopic (exact) mass is 369 g/mol. The van der Waals surface area contributed by atoms with Gasteiger partial charge in [0.15, 0.2) is 5.78 Å². The quantitative estimate of drug-likeness (QED) is 0.570. The first-order chi connectivity index (χ1) is 11.7. The van der Waals surface area contributed by atoms with E-state index in [1.165, 1.54) is 6.92 Å². The molecule has 138 valence electrons. The largest absolute Gasteiger partial charge is 0.480 e. The van der Waals surface area contributed by atoms with Gasteiger partial charge in [0.25, 0.3) is 0 Å². The predicted molar refractivity (Wildman–Crippen MR) is 93.1 cm³/mol. The molecule has 1 unspecified atom stereocenters. The number of carbonyl (C=O) groups excluding carboxylic acids is 2. The summed E-state index contributed by atoms with van der Waals surface area (Å²) in [5.74, 6) is -2.25.